The average Bonchev–Trinajstić information content (AvgIpc) is 3.52. The molecule has 0 saturated carbocycles. The van der Waals surface area contributed by atoms with Crippen molar-refractivity contribution in [2.45, 2.75) is 39.3 Å². The summed E-state index contributed by atoms with van der Waals surface area (Å²) >= 11 is 0. The minimum Gasteiger partial charge on any atom is -0.488 e. The van der Waals surface area contributed by atoms with E-state index in [0.717, 1.165) is 40.9 Å². The van der Waals surface area contributed by atoms with Gasteiger partial charge in [-0.3, -0.25) is 0 Å². The molecule has 5 rings (SSSR count). The van der Waals surface area contributed by atoms with Crippen molar-refractivity contribution >= 4 is 17.1 Å². The third-order valence-corrected chi connectivity index (χ3v) is 5.52. The van der Waals surface area contributed by atoms with Crippen LogP contribution in [0.25, 0.3) is 22.5 Å². The molecule has 2 aromatic heterocycles. The Bertz CT molecular complexity index is 1340. The zero-order valence-corrected chi connectivity index (χ0v) is 20.1. The largest absolute Gasteiger partial charge is 0.488 e. The highest BCUT2D eigenvalue weighted by molar-refractivity contribution is 5.74. The van der Waals surface area contributed by atoms with E-state index in [1.165, 1.54) is 12.0 Å². The van der Waals surface area contributed by atoms with E-state index in [9.17, 15) is 0 Å². The van der Waals surface area contributed by atoms with E-state index in [4.69, 9.17) is 18.7 Å². The number of ether oxygens (including phenoxy) is 1. The molecule has 2 heterocycles. The molecule has 0 bridgehead atoms. The van der Waals surface area contributed by atoms with Gasteiger partial charge in [-0.15, -0.1) is 0 Å². The van der Waals surface area contributed by atoms with Gasteiger partial charge in [-0.2, -0.15) is 9.97 Å². The second-order valence-corrected chi connectivity index (χ2v) is 9.45. The van der Waals surface area contributed by atoms with Crippen molar-refractivity contribution < 1.29 is 13.7 Å². The predicted molar refractivity (Wildman–Crippen MR) is 135 cm³/mol. The molecular weight excluding hydrogens is 440 g/mol. The molecule has 0 spiro atoms. The van der Waals surface area contributed by atoms with Crippen molar-refractivity contribution in [3.8, 4) is 17.1 Å². The van der Waals surface area contributed by atoms with E-state index in [0.29, 0.717) is 18.4 Å². The standard InChI is InChI=1S/C28H28N4O3/c1-28(2,3)35-23-14-10-20(11-15-23)16-17-32(27-30-24-6-4-5-7-25(24)34-27)18-21-8-12-22(13-9-21)26-29-19-33-31-26/h4-15,19H,16-18H2,1-3H3. The summed E-state index contributed by atoms with van der Waals surface area (Å²) in [7, 11) is 0. The highest BCUT2D eigenvalue weighted by Gasteiger charge is 2.16. The van der Waals surface area contributed by atoms with E-state index in [2.05, 4.69) is 39.3 Å². The third kappa shape index (κ3) is 5.69. The van der Waals surface area contributed by atoms with Gasteiger partial charge in [0.1, 0.15) is 16.9 Å². The van der Waals surface area contributed by atoms with Crippen LogP contribution in [-0.4, -0.2) is 27.3 Å². The quantitative estimate of drug-likeness (QED) is 0.264. The lowest BCUT2D eigenvalue weighted by Crippen LogP contribution is -2.25. The summed E-state index contributed by atoms with van der Waals surface area (Å²) < 4.78 is 16.9. The number of hydrogen-bond acceptors (Lipinski definition) is 7. The molecule has 0 amide bonds. The normalized spacial score (nSPS) is 11.6. The Balaban J connectivity index is 1.34. The van der Waals surface area contributed by atoms with Gasteiger partial charge in [0, 0.05) is 18.7 Å². The zero-order chi connectivity index (χ0) is 24.3. The summed E-state index contributed by atoms with van der Waals surface area (Å²) in [5, 5.41) is 3.91. The third-order valence-electron chi connectivity index (χ3n) is 5.52. The minimum atomic E-state index is -0.218. The second kappa shape index (κ2) is 9.62. The first-order valence-electron chi connectivity index (χ1n) is 11.7. The van der Waals surface area contributed by atoms with Crippen molar-refractivity contribution in [2.75, 3.05) is 11.4 Å². The Hall–Kier alpha value is -4.13. The number of anilines is 1. The minimum absolute atomic E-state index is 0.218. The molecule has 0 atom stereocenters. The molecule has 7 nitrogen and oxygen atoms in total. The van der Waals surface area contributed by atoms with Gasteiger partial charge >= 0.3 is 0 Å². The topological polar surface area (TPSA) is 77.4 Å². The fourth-order valence-corrected chi connectivity index (χ4v) is 3.86. The Morgan fingerprint density at radius 2 is 1.63 bits per heavy atom. The van der Waals surface area contributed by atoms with Gasteiger partial charge in [-0.1, -0.05) is 53.7 Å². The summed E-state index contributed by atoms with van der Waals surface area (Å²) in [4.78, 5) is 11.0. The number of rotatable bonds is 8. The van der Waals surface area contributed by atoms with Crippen LogP contribution in [0.2, 0.25) is 0 Å². The first-order chi connectivity index (χ1) is 16.9. The van der Waals surface area contributed by atoms with Gasteiger partial charge in [0.2, 0.25) is 12.2 Å². The molecule has 5 aromatic rings. The van der Waals surface area contributed by atoms with E-state index in [1.807, 2.05) is 69.3 Å². The first kappa shape index (κ1) is 22.7. The Morgan fingerprint density at radius 3 is 2.31 bits per heavy atom. The predicted octanol–water partition coefficient (Wildman–Crippen LogP) is 6.30. The van der Waals surface area contributed by atoms with Crippen LogP contribution in [0.4, 0.5) is 6.01 Å². The maximum Gasteiger partial charge on any atom is 0.298 e. The van der Waals surface area contributed by atoms with Crippen LogP contribution >= 0.6 is 0 Å². The van der Waals surface area contributed by atoms with Crippen molar-refractivity contribution in [3.63, 3.8) is 0 Å². The van der Waals surface area contributed by atoms with E-state index >= 15 is 0 Å². The molecule has 0 aliphatic carbocycles. The van der Waals surface area contributed by atoms with Crippen LogP contribution in [0.15, 0.2) is 88.1 Å². The number of hydrogen-bond donors (Lipinski definition) is 0. The molecule has 3 aromatic carbocycles. The van der Waals surface area contributed by atoms with Crippen LogP contribution in [-0.2, 0) is 13.0 Å². The SMILES string of the molecule is CC(C)(C)Oc1ccc(CCN(Cc2ccc(-c3ncon3)cc2)c2nc3ccccc3o2)cc1. The average molecular weight is 469 g/mol. The van der Waals surface area contributed by atoms with E-state index < -0.39 is 0 Å². The maximum absolute atomic E-state index is 6.11. The van der Waals surface area contributed by atoms with Gasteiger partial charge < -0.3 is 18.6 Å². The lowest BCUT2D eigenvalue weighted by atomic mass is 10.1. The van der Waals surface area contributed by atoms with Crippen LogP contribution in [0.1, 0.15) is 31.9 Å². The lowest BCUT2D eigenvalue weighted by molar-refractivity contribution is 0.131. The number of oxazole rings is 1. The van der Waals surface area contributed by atoms with E-state index in [1.54, 1.807) is 0 Å². The monoisotopic (exact) mass is 468 g/mol. The number of aromatic nitrogens is 3. The molecule has 178 valence electrons. The van der Waals surface area contributed by atoms with Gasteiger partial charge in [-0.05, 0) is 62.6 Å². The Kier molecular flexibility index (Phi) is 6.23. The molecule has 0 N–H and O–H groups in total. The van der Waals surface area contributed by atoms with Crippen molar-refractivity contribution in [3.05, 3.63) is 90.3 Å². The van der Waals surface area contributed by atoms with E-state index in [-0.39, 0.29) is 5.60 Å². The summed E-state index contributed by atoms with van der Waals surface area (Å²) in [5.74, 6) is 1.45. The molecule has 0 saturated heterocycles. The highest BCUT2D eigenvalue weighted by Crippen LogP contribution is 2.25. The number of nitrogens with zero attached hydrogens (tertiary/aromatic N) is 4. The molecular formula is C28H28N4O3. The Labute approximate surface area is 204 Å². The highest BCUT2D eigenvalue weighted by atomic mass is 16.5. The van der Waals surface area contributed by atoms with Gasteiger partial charge in [0.25, 0.3) is 6.01 Å². The molecule has 0 radical (unpaired) electrons. The fraction of sp³-hybridized carbons (Fsp3) is 0.250. The van der Waals surface area contributed by atoms with Gasteiger partial charge in [-0.25, -0.2) is 0 Å². The maximum atomic E-state index is 6.11. The zero-order valence-electron chi connectivity index (χ0n) is 20.1. The van der Waals surface area contributed by atoms with Crippen LogP contribution in [0, 0.1) is 0 Å². The van der Waals surface area contributed by atoms with Crippen molar-refractivity contribution in [1.29, 1.82) is 0 Å². The summed E-state index contributed by atoms with van der Waals surface area (Å²) in [5.41, 5.74) is 4.68. The van der Waals surface area contributed by atoms with Crippen molar-refractivity contribution in [1.82, 2.24) is 15.1 Å². The lowest BCUT2D eigenvalue weighted by Gasteiger charge is -2.22. The molecule has 0 unspecified atom stereocenters. The summed E-state index contributed by atoms with van der Waals surface area (Å²) in [6, 6.07) is 24.9. The van der Waals surface area contributed by atoms with Crippen LogP contribution in [0.5, 0.6) is 5.75 Å². The second-order valence-electron chi connectivity index (χ2n) is 9.45. The first-order valence-corrected chi connectivity index (χ1v) is 11.7. The number of fused-ring (bicyclic) bond motifs is 1. The summed E-state index contributed by atoms with van der Waals surface area (Å²) in [6.07, 6.45) is 2.18. The molecule has 0 fully saturated rings. The summed E-state index contributed by atoms with van der Waals surface area (Å²) in [6.45, 7) is 7.55. The Morgan fingerprint density at radius 1 is 0.886 bits per heavy atom. The number of benzene rings is 3. The van der Waals surface area contributed by atoms with Crippen molar-refractivity contribution in [2.24, 2.45) is 0 Å². The molecule has 0 aliphatic rings. The smallest absolute Gasteiger partial charge is 0.298 e. The van der Waals surface area contributed by atoms with Crippen LogP contribution in [0.3, 0.4) is 0 Å². The van der Waals surface area contributed by atoms with Gasteiger partial charge in [0.05, 0.1) is 0 Å². The molecule has 35 heavy (non-hydrogen) atoms. The fourth-order valence-electron chi connectivity index (χ4n) is 3.86. The van der Waals surface area contributed by atoms with Gasteiger partial charge in [0.15, 0.2) is 5.58 Å². The van der Waals surface area contributed by atoms with Crippen LogP contribution < -0.4 is 9.64 Å². The molecule has 0 aliphatic heterocycles. The molecule has 7 heteroatoms. The number of para-hydroxylation sites is 2.